The normalized spacial score (nSPS) is 19.1. The van der Waals surface area contributed by atoms with Crippen LogP contribution >= 0.6 is 0 Å². The van der Waals surface area contributed by atoms with Crippen LogP contribution < -0.4 is 5.32 Å². The molecule has 0 bridgehead atoms. The van der Waals surface area contributed by atoms with E-state index in [1.54, 1.807) is 25.3 Å². The Morgan fingerprint density at radius 1 is 1.50 bits per heavy atom. The van der Waals surface area contributed by atoms with E-state index in [-0.39, 0.29) is 24.1 Å². The number of para-hydroxylation sites is 1. The number of likely N-dealkylation sites (tertiary alicyclic amines) is 1. The van der Waals surface area contributed by atoms with E-state index in [0.717, 1.165) is 32.7 Å². The second kappa shape index (κ2) is 7.26. The summed E-state index contributed by atoms with van der Waals surface area (Å²) in [5.41, 5.74) is 0.666. The Labute approximate surface area is 119 Å². The first kappa shape index (κ1) is 14.8. The standard InChI is InChI=1S/C15H22N2O3/c1-20-9-8-17-7-6-13(11-17)16-15(19)10-12-4-2-3-5-14(12)18/h2-5,13,18H,6-11H2,1H3,(H,16,19)/t13-/m1/s1. The van der Waals surface area contributed by atoms with Gasteiger partial charge in [0, 0.05) is 38.3 Å². The largest absolute Gasteiger partial charge is 0.508 e. The molecule has 0 saturated carbocycles. The van der Waals surface area contributed by atoms with Gasteiger partial charge in [-0.25, -0.2) is 0 Å². The predicted octanol–water partition coefficient (Wildman–Crippen LogP) is 0.772. The number of aromatic hydroxyl groups is 1. The number of carbonyl (C=O) groups is 1. The van der Waals surface area contributed by atoms with Crippen molar-refractivity contribution < 1.29 is 14.6 Å². The second-order valence-electron chi connectivity index (χ2n) is 5.15. The van der Waals surface area contributed by atoms with E-state index >= 15 is 0 Å². The quantitative estimate of drug-likeness (QED) is 0.807. The summed E-state index contributed by atoms with van der Waals surface area (Å²) in [7, 11) is 1.70. The van der Waals surface area contributed by atoms with Crippen LogP contribution in [0.2, 0.25) is 0 Å². The van der Waals surface area contributed by atoms with E-state index in [4.69, 9.17) is 4.74 Å². The third-order valence-corrected chi connectivity index (χ3v) is 3.59. The van der Waals surface area contributed by atoms with Crippen LogP contribution in [0.25, 0.3) is 0 Å². The van der Waals surface area contributed by atoms with Crippen molar-refractivity contribution in [2.24, 2.45) is 0 Å². The van der Waals surface area contributed by atoms with Crippen LogP contribution in [-0.2, 0) is 16.0 Å². The lowest BCUT2D eigenvalue weighted by molar-refractivity contribution is -0.121. The minimum Gasteiger partial charge on any atom is -0.508 e. The highest BCUT2D eigenvalue weighted by Crippen LogP contribution is 2.16. The molecule has 1 atom stereocenters. The Morgan fingerprint density at radius 3 is 3.05 bits per heavy atom. The molecule has 1 aliphatic heterocycles. The van der Waals surface area contributed by atoms with Crippen molar-refractivity contribution in [2.75, 3.05) is 33.4 Å². The molecule has 110 valence electrons. The average Bonchev–Trinajstić information content (AvgIpc) is 2.86. The van der Waals surface area contributed by atoms with Gasteiger partial charge >= 0.3 is 0 Å². The highest BCUT2D eigenvalue weighted by Gasteiger charge is 2.23. The molecule has 5 nitrogen and oxygen atoms in total. The van der Waals surface area contributed by atoms with Crippen LogP contribution in [0.1, 0.15) is 12.0 Å². The number of nitrogens with zero attached hydrogens (tertiary/aromatic N) is 1. The number of rotatable bonds is 6. The van der Waals surface area contributed by atoms with Gasteiger partial charge < -0.3 is 15.2 Å². The van der Waals surface area contributed by atoms with Gasteiger partial charge in [0.05, 0.1) is 13.0 Å². The molecular weight excluding hydrogens is 256 g/mol. The monoisotopic (exact) mass is 278 g/mol. The average molecular weight is 278 g/mol. The molecule has 1 aromatic carbocycles. The van der Waals surface area contributed by atoms with Gasteiger partial charge in [-0.15, -0.1) is 0 Å². The summed E-state index contributed by atoms with van der Waals surface area (Å²) in [6.45, 7) is 3.49. The van der Waals surface area contributed by atoms with Gasteiger partial charge in [0.15, 0.2) is 0 Å². The van der Waals surface area contributed by atoms with Gasteiger partial charge in [0.2, 0.25) is 5.91 Å². The van der Waals surface area contributed by atoms with Crippen molar-refractivity contribution in [1.82, 2.24) is 10.2 Å². The minimum atomic E-state index is -0.0370. The molecule has 2 rings (SSSR count). The Balaban J connectivity index is 1.77. The van der Waals surface area contributed by atoms with Crippen LogP contribution in [0, 0.1) is 0 Å². The number of ether oxygens (including phenoxy) is 1. The molecule has 1 fully saturated rings. The lowest BCUT2D eigenvalue weighted by atomic mass is 10.1. The van der Waals surface area contributed by atoms with Gasteiger partial charge in [-0.05, 0) is 12.5 Å². The van der Waals surface area contributed by atoms with Crippen LogP contribution in [0.15, 0.2) is 24.3 Å². The van der Waals surface area contributed by atoms with Crippen molar-refractivity contribution in [3.05, 3.63) is 29.8 Å². The summed E-state index contributed by atoms with van der Waals surface area (Å²) in [6, 6.07) is 7.15. The molecule has 0 aliphatic carbocycles. The zero-order valence-corrected chi connectivity index (χ0v) is 11.8. The van der Waals surface area contributed by atoms with Crippen LogP contribution in [0.3, 0.4) is 0 Å². The van der Waals surface area contributed by atoms with Crippen LogP contribution in [0.4, 0.5) is 0 Å². The number of benzene rings is 1. The smallest absolute Gasteiger partial charge is 0.224 e. The number of hydrogen-bond donors (Lipinski definition) is 2. The van der Waals surface area contributed by atoms with Gasteiger partial charge in [-0.3, -0.25) is 9.69 Å². The highest BCUT2D eigenvalue weighted by atomic mass is 16.5. The molecule has 0 radical (unpaired) electrons. The number of hydrogen-bond acceptors (Lipinski definition) is 4. The predicted molar refractivity (Wildman–Crippen MR) is 76.7 cm³/mol. The first-order valence-electron chi connectivity index (χ1n) is 6.96. The van der Waals surface area contributed by atoms with E-state index in [9.17, 15) is 9.90 Å². The fraction of sp³-hybridized carbons (Fsp3) is 0.533. The van der Waals surface area contributed by atoms with Crippen molar-refractivity contribution >= 4 is 5.91 Å². The fourth-order valence-electron chi connectivity index (χ4n) is 2.49. The maximum absolute atomic E-state index is 12.0. The number of phenolic OH excluding ortho intramolecular Hbond substituents is 1. The number of phenols is 1. The number of carbonyl (C=O) groups excluding carboxylic acids is 1. The van der Waals surface area contributed by atoms with Crippen molar-refractivity contribution in [3.8, 4) is 5.75 Å². The molecule has 1 aromatic rings. The van der Waals surface area contributed by atoms with Gasteiger partial charge in [-0.1, -0.05) is 18.2 Å². The number of methoxy groups -OCH3 is 1. The molecule has 0 unspecified atom stereocenters. The Hall–Kier alpha value is -1.59. The SMILES string of the molecule is COCCN1CC[C@@H](NC(=O)Cc2ccccc2O)C1. The topological polar surface area (TPSA) is 61.8 Å². The van der Waals surface area contributed by atoms with Gasteiger partial charge in [-0.2, -0.15) is 0 Å². The van der Waals surface area contributed by atoms with E-state index in [2.05, 4.69) is 10.2 Å². The first-order chi connectivity index (χ1) is 9.69. The highest BCUT2D eigenvalue weighted by molar-refractivity contribution is 5.79. The van der Waals surface area contributed by atoms with E-state index < -0.39 is 0 Å². The van der Waals surface area contributed by atoms with E-state index in [1.165, 1.54) is 0 Å². The molecule has 1 saturated heterocycles. The van der Waals surface area contributed by atoms with Gasteiger partial charge in [0.1, 0.15) is 5.75 Å². The molecule has 5 heteroatoms. The van der Waals surface area contributed by atoms with E-state index in [0.29, 0.717) is 5.56 Å². The third kappa shape index (κ3) is 4.21. The zero-order valence-electron chi connectivity index (χ0n) is 11.8. The summed E-state index contributed by atoms with van der Waals surface area (Å²) in [5.74, 6) is 0.140. The third-order valence-electron chi connectivity index (χ3n) is 3.59. The first-order valence-corrected chi connectivity index (χ1v) is 6.96. The lowest BCUT2D eigenvalue weighted by Crippen LogP contribution is -2.38. The molecular formula is C15H22N2O3. The van der Waals surface area contributed by atoms with Crippen molar-refractivity contribution in [1.29, 1.82) is 0 Å². The maximum Gasteiger partial charge on any atom is 0.224 e. The summed E-state index contributed by atoms with van der Waals surface area (Å²) in [5, 5.41) is 12.7. The summed E-state index contributed by atoms with van der Waals surface area (Å²) in [4.78, 5) is 14.3. The molecule has 1 amide bonds. The number of amides is 1. The van der Waals surface area contributed by atoms with Gasteiger partial charge in [0.25, 0.3) is 0 Å². The lowest BCUT2D eigenvalue weighted by Gasteiger charge is -2.16. The maximum atomic E-state index is 12.0. The van der Waals surface area contributed by atoms with Crippen molar-refractivity contribution in [3.63, 3.8) is 0 Å². The fourth-order valence-corrected chi connectivity index (χ4v) is 2.49. The van der Waals surface area contributed by atoms with Crippen molar-refractivity contribution in [2.45, 2.75) is 18.9 Å². The van der Waals surface area contributed by atoms with Crippen LogP contribution in [-0.4, -0.2) is 55.3 Å². The molecule has 20 heavy (non-hydrogen) atoms. The summed E-state index contributed by atoms with van der Waals surface area (Å²) in [6.07, 6.45) is 1.19. The zero-order chi connectivity index (χ0) is 14.4. The Kier molecular flexibility index (Phi) is 5.38. The molecule has 1 aliphatic rings. The molecule has 2 N–H and O–H groups in total. The van der Waals surface area contributed by atoms with Crippen LogP contribution in [0.5, 0.6) is 5.75 Å². The summed E-state index contributed by atoms with van der Waals surface area (Å²) < 4.78 is 5.06. The Morgan fingerprint density at radius 2 is 2.30 bits per heavy atom. The number of nitrogens with one attached hydrogen (secondary N) is 1. The summed E-state index contributed by atoms with van der Waals surface area (Å²) >= 11 is 0. The minimum absolute atomic E-state index is 0.0370. The molecule has 0 aromatic heterocycles. The van der Waals surface area contributed by atoms with E-state index in [1.807, 2.05) is 6.07 Å². The molecule has 1 heterocycles. The second-order valence-corrected chi connectivity index (χ2v) is 5.15. The molecule has 0 spiro atoms. The Bertz CT molecular complexity index is 450.